The highest BCUT2D eigenvalue weighted by atomic mass is 35.5. The van der Waals surface area contributed by atoms with E-state index in [2.05, 4.69) is 10.6 Å². The summed E-state index contributed by atoms with van der Waals surface area (Å²) < 4.78 is 0. The monoisotopic (exact) mass is 413 g/mol. The Hall–Kier alpha value is -1.79. The number of rotatable bonds is 6. The largest absolute Gasteiger partial charge is 0.325 e. The number of amides is 2. The van der Waals surface area contributed by atoms with Gasteiger partial charge in [-0.1, -0.05) is 40.9 Å². The molecule has 5 nitrogen and oxygen atoms in total. The summed E-state index contributed by atoms with van der Waals surface area (Å²) in [6, 6.07) is 11.2. The summed E-state index contributed by atoms with van der Waals surface area (Å²) >= 11 is 17.9. The number of anilines is 2. The van der Waals surface area contributed by atoms with E-state index in [1.807, 2.05) is 0 Å². The molecule has 0 bridgehead atoms. The van der Waals surface area contributed by atoms with E-state index in [-0.39, 0.29) is 18.4 Å². The minimum absolute atomic E-state index is 0.00322. The van der Waals surface area contributed by atoms with Crippen LogP contribution in [0.1, 0.15) is 6.92 Å². The van der Waals surface area contributed by atoms with Gasteiger partial charge in [0.15, 0.2) is 0 Å². The van der Waals surface area contributed by atoms with Crippen molar-refractivity contribution in [2.45, 2.75) is 13.0 Å². The molecule has 138 valence electrons. The van der Waals surface area contributed by atoms with Crippen molar-refractivity contribution in [3.8, 4) is 0 Å². The first-order valence-corrected chi connectivity index (χ1v) is 8.92. The van der Waals surface area contributed by atoms with Gasteiger partial charge in [0.05, 0.1) is 28.3 Å². The van der Waals surface area contributed by atoms with Crippen LogP contribution in [0.5, 0.6) is 0 Å². The van der Waals surface area contributed by atoms with Crippen LogP contribution >= 0.6 is 34.8 Å². The normalized spacial score (nSPS) is 11.9. The highest BCUT2D eigenvalue weighted by molar-refractivity contribution is 6.39. The van der Waals surface area contributed by atoms with Gasteiger partial charge >= 0.3 is 0 Å². The van der Waals surface area contributed by atoms with Gasteiger partial charge in [-0.2, -0.15) is 0 Å². The highest BCUT2D eigenvalue weighted by Crippen LogP contribution is 2.29. The van der Waals surface area contributed by atoms with Crippen molar-refractivity contribution in [1.29, 1.82) is 0 Å². The van der Waals surface area contributed by atoms with Crippen LogP contribution in [0.3, 0.4) is 0 Å². The van der Waals surface area contributed by atoms with Crippen molar-refractivity contribution >= 4 is 58.0 Å². The fourth-order valence-electron chi connectivity index (χ4n) is 2.14. The number of nitrogens with zero attached hydrogens (tertiary/aromatic N) is 1. The molecule has 2 aromatic rings. The Labute approximate surface area is 167 Å². The SMILES string of the molecule is CC(C(=O)Nc1ccc(Cl)cc1)N(C)CC(=O)Nc1c(Cl)cccc1Cl. The summed E-state index contributed by atoms with van der Waals surface area (Å²) in [5.41, 5.74) is 0.986. The molecule has 0 fully saturated rings. The molecule has 26 heavy (non-hydrogen) atoms. The Kier molecular flexibility index (Phi) is 7.29. The maximum absolute atomic E-state index is 12.3. The number of carbonyl (C=O) groups excluding carboxylic acids is 2. The number of para-hydroxylation sites is 1. The lowest BCUT2D eigenvalue weighted by Crippen LogP contribution is -2.43. The van der Waals surface area contributed by atoms with Crippen LogP contribution in [0.2, 0.25) is 15.1 Å². The van der Waals surface area contributed by atoms with Crippen molar-refractivity contribution in [2.75, 3.05) is 24.2 Å². The van der Waals surface area contributed by atoms with E-state index in [4.69, 9.17) is 34.8 Å². The Balaban J connectivity index is 1.93. The molecule has 0 radical (unpaired) electrons. The number of benzene rings is 2. The summed E-state index contributed by atoms with van der Waals surface area (Å²) in [6.45, 7) is 1.71. The highest BCUT2D eigenvalue weighted by Gasteiger charge is 2.21. The predicted molar refractivity (Wildman–Crippen MR) is 107 cm³/mol. The van der Waals surface area contributed by atoms with Gasteiger partial charge < -0.3 is 10.6 Å². The molecule has 2 N–H and O–H groups in total. The van der Waals surface area contributed by atoms with Crippen molar-refractivity contribution in [3.05, 3.63) is 57.5 Å². The van der Waals surface area contributed by atoms with Crippen LogP contribution < -0.4 is 10.6 Å². The zero-order valence-electron chi connectivity index (χ0n) is 14.2. The first-order chi connectivity index (χ1) is 12.3. The average Bonchev–Trinajstić information content (AvgIpc) is 2.59. The molecule has 0 aliphatic rings. The van der Waals surface area contributed by atoms with Crippen LogP contribution in [0, 0.1) is 0 Å². The molecular weight excluding hydrogens is 397 g/mol. The molecule has 1 atom stereocenters. The quantitative estimate of drug-likeness (QED) is 0.729. The number of hydrogen-bond acceptors (Lipinski definition) is 3. The van der Waals surface area contributed by atoms with Gasteiger partial charge in [0.2, 0.25) is 11.8 Å². The summed E-state index contributed by atoms with van der Waals surface area (Å²) in [5, 5.41) is 6.73. The molecule has 0 aliphatic carbocycles. The predicted octanol–water partition coefficient (Wildman–Crippen LogP) is 4.54. The second-order valence-corrected chi connectivity index (χ2v) is 6.98. The van der Waals surface area contributed by atoms with Gasteiger partial charge in [0, 0.05) is 10.7 Å². The molecule has 0 spiro atoms. The number of likely N-dealkylation sites (N-methyl/N-ethyl adjacent to an activating group) is 1. The van der Waals surface area contributed by atoms with Gasteiger partial charge in [0.25, 0.3) is 0 Å². The van der Waals surface area contributed by atoms with Crippen LogP contribution in [-0.4, -0.2) is 36.3 Å². The second-order valence-electron chi connectivity index (χ2n) is 5.73. The van der Waals surface area contributed by atoms with Crippen molar-refractivity contribution in [2.24, 2.45) is 0 Å². The maximum atomic E-state index is 12.3. The van der Waals surface area contributed by atoms with Gasteiger partial charge in [-0.05, 0) is 50.4 Å². The zero-order chi connectivity index (χ0) is 19.3. The summed E-state index contributed by atoms with van der Waals surface area (Å²) in [5.74, 6) is -0.563. The van der Waals surface area contributed by atoms with Gasteiger partial charge in [-0.25, -0.2) is 0 Å². The van der Waals surface area contributed by atoms with Gasteiger partial charge in [0.1, 0.15) is 0 Å². The van der Waals surface area contributed by atoms with Gasteiger partial charge in [-0.15, -0.1) is 0 Å². The van der Waals surface area contributed by atoms with Crippen molar-refractivity contribution < 1.29 is 9.59 Å². The van der Waals surface area contributed by atoms with Crippen LogP contribution in [0.25, 0.3) is 0 Å². The smallest absolute Gasteiger partial charge is 0.241 e. The van der Waals surface area contributed by atoms with Gasteiger partial charge in [-0.3, -0.25) is 14.5 Å². The number of carbonyl (C=O) groups is 2. The molecule has 0 aliphatic heterocycles. The Bertz CT molecular complexity index is 777. The standard InChI is InChI=1S/C18H18Cl3N3O2/c1-11(18(26)22-13-8-6-12(19)7-9-13)24(2)10-16(25)23-17-14(20)4-3-5-15(17)21/h3-9,11H,10H2,1-2H3,(H,22,26)(H,23,25). The minimum atomic E-state index is -0.529. The molecular formula is C18H18Cl3N3O2. The van der Waals surface area contributed by atoms with E-state index in [0.717, 1.165) is 0 Å². The lowest BCUT2D eigenvalue weighted by molar-refractivity contribution is -0.122. The van der Waals surface area contributed by atoms with E-state index < -0.39 is 6.04 Å². The Morgan fingerprint density at radius 3 is 2.15 bits per heavy atom. The first-order valence-electron chi connectivity index (χ1n) is 7.78. The first kappa shape index (κ1) is 20.5. The fraction of sp³-hybridized carbons (Fsp3) is 0.222. The molecule has 2 aromatic carbocycles. The van der Waals surface area contributed by atoms with E-state index in [1.165, 1.54) is 0 Å². The van der Waals surface area contributed by atoms with Crippen LogP contribution in [0.4, 0.5) is 11.4 Å². The molecule has 1 unspecified atom stereocenters. The van der Waals surface area contributed by atoms with E-state index in [9.17, 15) is 9.59 Å². The molecule has 8 heteroatoms. The summed E-state index contributed by atoms with van der Waals surface area (Å²) in [4.78, 5) is 26.2. The van der Waals surface area contributed by atoms with Crippen molar-refractivity contribution in [3.63, 3.8) is 0 Å². The number of nitrogens with one attached hydrogen (secondary N) is 2. The Morgan fingerprint density at radius 2 is 1.58 bits per heavy atom. The van der Waals surface area contributed by atoms with E-state index >= 15 is 0 Å². The molecule has 0 heterocycles. The van der Waals surface area contributed by atoms with Crippen LogP contribution in [0.15, 0.2) is 42.5 Å². The average molecular weight is 415 g/mol. The second kappa shape index (κ2) is 9.24. The lowest BCUT2D eigenvalue weighted by atomic mass is 10.2. The van der Waals surface area contributed by atoms with E-state index in [1.54, 1.807) is 61.3 Å². The molecule has 0 saturated carbocycles. The van der Waals surface area contributed by atoms with E-state index in [0.29, 0.717) is 26.4 Å². The third-order valence-electron chi connectivity index (χ3n) is 3.77. The topological polar surface area (TPSA) is 61.4 Å². The third-order valence-corrected chi connectivity index (χ3v) is 4.65. The molecule has 2 rings (SSSR count). The number of hydrogen-bond donors (Lipinski definition) is 2. The minimum Gasteiger partial charge on any atom is -0.325 e. The fourth-order valence-corrected chi connectivity index (χ4v) is 2.76. The third kappa shape index (κ3) is 5.61. The molecule has 0 saturated heterocycles. The lowest BCUT2D eigenvalue weighted by Gasteiger charge is -2.23. The molecule has 0 aromatic heterocycles. The van der Waals surface area contributed by atoms with Crippen molar-refractivity contribution in [1.82, 2.24) is 4.90 Å². The Morgan fingerprint density at radius 1 is 1.00 bits per heavy atom. The molecule has 2 amide bonds. The number of halogens is 3. The zero-order valence-corrected chi connectivity index (χ0v) is 16.5. The summed E-state index contributed by atoms with van der Waals surface area (Å²) in [7, 11) is 1.68. The maximum Gasteiger partial charge on any atom is 0.241 e. The van der Waals surface area contributed by atoms with Crippen LogP contribution in [-0.2, 0) is 9.59 Å². The summed E-state index contributed by atoms with van der Waals surface area (Å²) in [6.07, 6.45) is 0.